The number of hydrogen-bond donors (Lipinski definition) is 2. The Balaban J connectivity index is 1.56. The number of nitrogens with one attached hydrogen (secondary N) is 2. The van der Waals surface area contributed by atoms with Crippen LogP contribution in [-0.4, -0.2) is 48.6 Å². The van der Waals surface area contributed by atoms with E-state index in [1.54, 1.807) is 17.2 Å². The zero-order valence-corrected chi connectivity index (χ0v) is 16.2. The van der Waals surface area contributed by atoms with Crippen LogP contribution in [0.1, 0.15) is 17.4 Å². The maximum Gasteiger partial charge on any atom is 0.321 e. The summed E-state index contributed by atoms with van der Waals surface area (Å²) in [6.45, 7) is 5.24. The van der Waals surface area contributed by atoms with Crippen LogP contribution in [0.15, 0.2) is 18.3 Å². The van der Waals surface area contributed by atoms with Gasteiger partial charge in [-0.25, -0.2) is 18.6 Å². The lowest BCUT2D eigenvalue weighted by atomic mass is 10.1. The first-order valence-corrected chi connectivity index (χ1v) is 9.67. The Bertz CT molecular complexity index is 865. The quantitative estimate of drug-likeness (QED) is 0.798. The first-order valence-electron chi connectivity index (χ1n) is 8.86. The third-order valence-corrected chi connectivity index (χ3v) is 5.22. The van der Waals surface area contributed by atoms with Crippen molar-refractivity contribution in [2.75, 3.05) is 42.9 Å². The molecule has 1 aromatic carbocycles. The van der Waals surface area contributed by atoms with Crippen LogP contribution >= 0.6 is 11.3 Å². The first-order chi connectivity index (χ1) is 13.5. The van der Waals surface area contributed by atoms with Gasteiger partial charge in [-0.15, -0.1) is 11.3 Å². The number of hydrogen-bond acceptors (Lipinski definition) is 6. The third-order valence-electron chi connectivity index (χ3n) is 4.33. The average molecular weight is 406 g/mol. The number of aromatic nitrogens is 1. The molecule has 1 saturated heterocycles. The molecule has 1 fully saturated rings. The number of amides is 2. The molecule has 0 unspecified atom stereocenters. The lowest BCUT2D eigenvalue weighted by Crippen LogP contribution is -2.46. The molecule has 10 heteroatoms. The topological polar surface area (TPSA) is 84.3 Å². The SMILES string of the molecule is CCNC(=O)Nc1ncc(CN2CCN(c3c(F)cc(C#N)cc3F)CC2)s1. The standard InChI is InChI=1S/C18H20F2N6OS/c1-2-22-17(27)24-18-23-10-13(28-18)11-25-3-5-26(6-4-25)16-14(19)7-12(9-21)8-15(16)20/h7-8,10H,2-6,11H2,1H3,(H2,22,23,24,27). The van der Waals surface area contributed by atoms with Gasteiger partial charge in [0.05, 0.1) is 11.6 Å². The van der Waals surface area contributed by atoms with E-state index in [4.69, 9.17) is 5.26 Å². The lowest BCUT2D eigenvalue weighted by Gasteiger charge is -2.36. The zero-order valence-electron chi connectivity index (χ0n) is 15.3. The molecule has 0 atom stereocenters. The molecular formula is C18H20F2N6OS. The summed E-state index contributed by atoms with van der Waals surface area (Å²) in [7, 11) is 0. The highest BCUT2D eigenvalue weighted by Gasteiger charge is 2.23. The van der Waals surface area contributed by atoms with Crippen molar-refractivity contribution in [1.82, 2.24) is 15.2 Å². The average Bonchev–Trinajstić information content (AvgIpc) is 3.09. The van der Waals surface area contributed by atoms with E-state index in [1.807, 2.05) is 6.92 Å². The number of piperazine rings is 1. The highest BCUT2D eigenvalue weighted by atomic mass is 32.1. The van der Waals surface area contributed by atoms with E-state index in [9.17, 15) is 13.6 Å². The largest absolute Gasteiger partial charge is 0.364 e. The van der Waals surface area contributed by atoms with Gasteiger partial charge in [0, 0.05) is 50.3 Å². The molecule has 3 rings (SSSR count). The van der Waals surface area contributed by atoms with Gasteiger partial charge in [0.25, 0.3) is 0 Å². The molecule has 0 saturated carbocycles. The maximum absolute atomic E-state index is 14.2. The molecule has 0 spiro atoms. The minimum Gasteiger partial charge on any atom is -0.364 e. The van der Waals surface area contributed by atoms with Crippen molar-refractivity contribution in [2.45, 2.75) is 13.5 Å². The smallest absolute Gasteiger partial charge is 0.321 e. The molecule has 1 aliphatic heterocycles. The van der Waals surface area contributed by atoms with E-state index in [0.29, 0.717) is 44.4 Å². The molecule has 0 radical (unpaired) electrons. The van der Waals surface area contributed by atoms with E-state index >= 15 is 0 Å². The molecule has 2 heterocycles. The van der Waals surface area contributed by atoms with E-state index < -0.39 is 11.6 Å². The highest BCUT2D eigenvalue weighted by Crippen LogP contribution is 2.27. The fourth-order valence-corrected chi connectivity index (χ4v) is 3.87. The number of urea groups is 1. The maximum atomic E-state index is 14.2. The van der Waals surface area contributed by atoms with Crippen LogP contribution in [0, 0.1) is 23.0 Å². The van der Waals surface area contributed by atoms with Crippen LogP contribution in [-0.2, 0) is 6.54 Å². The second-order valence-electron chi connectivity index (χ2n) is 6.28. The second-order valence-corrected chi connectivity index (χ2v) is 7.39. The molecule has 148 valence electrons. The van der Waals surface area contributed by atoms with Gasteiger partial charge in [-0.1, -0.05) is 0 Å². The highest BCUT2D eigenvalue weighted by molar-refractivity contribution is 7.15. The van der Waals surface area contributed by atoms with E-state index in [2.05, 4.69) is 20.5 Å². The number of carbonyl (C=O) groups excluding carboxylic acids is 1. The van der Waals surface area contributed by atoms with Gasteiger partial charge in [-0.3, -0.25) is 10.2 Å². The van der Waals surface area contributed by atoms with Gasteiger partial charge in [0.1, 0.15) is 5.69 Å². The van der Waals surface area contributed by atoms with Crippen LogP contribution in [0.5, 0.6) is 0 Å². The Hall–Kier alpha value is -2.77. The Morgan fingerprint density at radius 1 is 1.29 bits per heavy atom. The minimum absolute atomic E-state index is 0.0281. The van der Waals surface area contributed by atoms with Gasteiger partial charge in [-0.2, -0.15) is 5.26 Å². The normalized spacial score (nSPS) is 14.6. The van der Waals surface area contributed by atoms with E-state index in [0.717, 1.165) is 17.0 Å². The number of thiazole rings is 1. The predicted octanol–water partition coefficient (Wildman–Crippen LogP) is 2.76. The number of anilines is 2. The number of benzene rings is 1. The number of halogens is 2. The molecule has 1 aliphatic rings. The van der Waals surface area contributed by atoms with Crippen molar-refractivity contribution in [2.24, 2.45) is 0 Å². The van der Waals surface area contributed by atoms with Crippen LogP contribution < -0.4 is 15.5 Å². The lowest BCUT2D eigenvalue weighted by molar-refractivity contribution is 0.250. The van der Waals surface area contributed by atoms with Crippen LogP contribution in [0.3, 0.4) is 0 Å². The van der Waals surface area contributed by atoms with Crippen LogP contribution in [0.25, 0.3) is 0 Å². The van der Waals surface area contributed by atoms with Crippen molar-refractivity contribution in [3.05, 3.63) is 40.4 Å². The summed E-state index contributed by atoms with van der Waals surface area (Å²) in [5.74, 6) is -1.43. The van der Waals surface area contributed by atoms with Gasteiger partial charge >= 0.3 is 6.03 Å². The Morgan fingerprint density at radius 3 is 2.57 bits per heavy atom. The van der Waals surface area contributed by atoms with Crippen molar-refractivity contribution in [1.29, 1.82) is 5.26 Å². The summed E-state index contributed by atoms with van der Waals surface area (Å²) in [5, 5.41) is 14.7. The summed E-state index contributed by atoms with van der Waals surface area (Å²) in [6, 6.07) is 3.59. The van der Waals surface area contributed by atoms with Gasteiger partial charge in [-0.05, 0) is 19.1 Å². The van der Waals surface area contributed by atoms with Gasteiger partial charge in [0.15, 0.2) is 16.8 Å². The van der Waals surface area contributed by atoms with Gasteiger partial charge < -0.3 is 10.2 Å². The zero-order chi connectivity index (χ0) is 20.1. The third kappa shape index (κ3) is 4.74. The predicted molar refractivity (Wildman–Crippen MR) is 103 cm³/mol. The molecule has 1 aromatic heterocycles. The molecule has 2 aromatic rings. The number of nitrogens with zero attached hydrogens (tertiary/aromatic N) is 4. The molecule has 0 bridgehead atoms. The van der Waals surface area contributed by atoms with Crippen LogP contribution in [0.2, 0.25) is 0 Å². The number of nitriles is 1. The Morgan fingerprint density at radius 2 is 1.96 bits per heavy atom. The van der Waals surface area contributed by atoms with Gasteiger partial charge in [0.2, 0.25) is 0 Å². The second kappa shape index (κ2) is 8.95. The summed E-state index contributed by atoms with van der Waals surface area (Å²) >= 11 is 1.40. The molecule has 28 heavy (non-hydrogen) atoms. The van der Waals surface area contributed by atoms with Crippen molar-refractivity contribution in [3.63, 3.8) is 0 Å². The fraction of sp³-hybridized carbons (Fsp3) is 0.389. The Kier molecular flexibility index (Phi) is 6.38. The summed E-state index contributed by atoms with van der Waals surface area (Å²) in [6.07, 6.45) is 1.72. The van der Waals surface area contributed by atoms with Crippen molar-refractivity contribution in [3.8, 4) is 6.07 Å². The fourth-order valence-electron chi connectivity index (χ4n) is 3.02. The van der Waals surface area contributed by atoms with E-state index in [-0.39, 0.29) is 17.3 Å². The molecule has 0 aliphatic carbocycles. The van der Waals surface area contributed by atoms with E-state index in [1.165, 1.54) is 11.3 Å². The number of rotatable bonds is 5. The minimum atomic E-state index is -0.714. The van der Waals surface area contributed by atoms with Crippen molar-refractivity contribution >= 4 is 28.2 Å². The van der Waals surface area contributed by atoms with Crippen LogP contribution in [0.4, 0.5) is 24.4 Å². The first kappa shape index (κ1) is 20.0. The molecule has 7 nitrogen and oxygen atoms in total. The monoisotopic (exact) mass is 406 g/mol. The summed E-state index contributed by atoms with van der Waals surface area (Å²) < 4.78 is 28.4. The van der Waals surface area contributed by atoms with Crippen molar-refractivity contribution < 1.29 is 13.6 Å². The summed E-state index contributed by atoms with van der Waals surface area (Å²) in [4.78, 5) is 20.5. The number of carbonyl (C=O) groups is 1. The molecular weight excluding hydrogens is 386 g/mol. The Labute approximate surface area is 165 Å². The molecule has 2 amide bonds. The molecule has 2 N–H and O–H groups in total. The summed E-state index contributed by atoms with van der Waals surface area (Å²) in [5.41, 5.74) is -0.107.